The maximum atomic E-state index is 13.0. The molecule has 0 bridgehead atoms. The van der Waals surface area contributed by atoms with Crippen LogP contribution in [0.4, 0.5) is 5.82 Å². The van der Waals surface area contributed by atoms with Crippen LogP contribution in [0.15, 0.2) is 10.5 Å². The van der Waals surface area contributed by atoms with Crippen LogP contribution in [0.5, 0.6) is 0 Å². The largest absolute Gasteiger partial charge is 0.480 e. The number of anilines is 1. The molecule has 0 aromatic carbocycles. The zero-order chi connectivity index (χ0) is 19.9. The van der Waals surface area contributed by atoms with Crippen molar-refractivity contribution in [2.75, 3.05) is 31.6 Å². The van der Waals surface area contributed by atoms with Crippen LogP contribution in [0.3, 0.4) is 0 Å². The predicted octanol–water partition coefficient (Wildman–Crippen LogP) is 1.77. The zero-order valence-corrected chi connectivity index (χ0v) is 16.6. The summed E-state index contributed by atoms with van der Waals surface area (Å²) in [6, 6.07) is 0.249. The highest BCUT2D eigenvalue weighted by Gasteiger charge is 2.28. The first-order valence-electron chi connectivity index (χ1n) is 9.65. The maximum Gasteiger partial charge on any atom is 0.329 e. The number of hydrogen-bond acceptors (Lipinski definition) is 6. The lowest BCUT2D eigenvalue weighted by molar-refractivity contribution is -0.142. The van der Waals surface area contributed by atoms with E-state index in [2.05, 4.69) is 15.3 Å². The first-order valence-corrected chi connectivity index (χ1v) is 10.5. The molecular weight excluding hydrogens is 382 g/mol. The number of aromatic nitrogens is 1. The molecule has 9 nitrogen and oxygen atoms in total. The summed E-state index contributed by atoms with van der Waals surface area (Å²) in [4.78, 5) is 34.6. The van der Waals surface area contributed by atoms with Gasteiger partial charge in [-0.2, -0.15) is 0 Å². The number of aliphatic carboxylic acids is 1. The van der Waals surface area contributed by atoms with E-state index in [1.165, 1.54) is 24.2 Å². The molecule has 1 aliphatic carbocycles. The van der Waals surface area contributed by atoms with Crippen molar-refractivity contribution in [3.8, 4) is 0 Å². The number of carbonyl (C=O) groups is 2. The minimum Gasteiger partial charge on any atom is -0.480 e. The molecule has 2 heterocycles. The molecule has 1 aromatic rings. The van der Waals surface area contributed by atoms with Gasteiger partial charge in [0.2, 0.25) is 0 Å². The number of rotatable bonds is 7. The number of piperidine rings is 1. The van der Waals surface area contributed by atoms with Crippen LogP contribution in [-0.2, 0) is 9.53 Å². The minimum absolute atomic E-state index is 0.0957. The molecule has 1 aromatic heterocycles. The van der Waals surface area contributed by atoms with E-state index in [0.717, 1.165) is 25.7 Å². The summed E-state index contributed by atoms with van der Waals surface area (Å²) in [5, 5.41) is 11.7. The van der Waals surface area contributed by atoms with Gasteiger partial charge in [-0.25, -0.2) is 14.8 Å². The van der Waals surface area contributed by atoms with Crippen LogP contribution >= 0.6 is 11.3 Å². The first kappa shape index (κ1) is 20.5. The number of amides is 1. The number of carboxylic acids is 1. The molecule has 4 N–H and O–H groups in total. The highest BCUT2D eigenvalue weighted by atomic mass is 32.1. The molecule has 1 unspecified atom stereocenters. The minimum atomic E-state index is -0.985. The van der Waals surface area contributed by atoms with Crippen molar-refractivity contribution in [1.82, 2.24) is 9.88 Å². The summed E-state index contributed by atoms with van der Waals surface area (Å²) in [6.07, 6.45) is 6.22. The molecule has 28 heavy (non-hydrogen) atoms. The van der Waals surface area contributed by atoms with Gasteiger partial charge in [-0.05, 0) is 31.6 Å². The van der Waals surface area contributed by atoms with Crippen LogP contribution in [0.1, 0.15) is 48.2 Å². The monoisotopic (exact) mass is 409 g/mol. The number of carboxylic acid groups (broad SMARTS) is 1. The summed E-state index contributed by atoms with van der Waals surface area (Å²) in [7, 11) is 0. The molecule has 1 aliphatic heterocycles. The van der Waals surface area contributed by atoms with Gasteiger partial charge in [0.1, 0.15) is 11.5 Å². The van der Waals surface area contributed by atoms with E-state index in [9.17, 15) is 9.59 Å². The van der Waals surface area contributed by atoms with Crippen molar-refractivity contribution >= 4 is 35.0 Å². The Kier molecular flexibility index (Phi) is 7.21. The van der Waals surface area contributed by atoms with Gasteiger partial charge in [-0.3, -0.25) is 4.79 Å². The average Bonchev–Trinajstić information content (AvgIpc) is 3.33. The van der Waals surface area contributed by atoms with Crippen molar-refractivity contribution in [2.45, 2.75) is 44.6 Å². The fourth-order valence-corrected chi connectivity index (χ4v) is 4.42. The first-order chi connectivity index (χ1) is 13.5. The molecule has 0 radical (unpaired) electrons. The van der Waals surface area contributed by atoms with Crippen LogP contribution < -0.4 is 11.1 Å². The van der Waals surface area contributed by atoms with Gasteiger partial charge in [0, 0.05) is 13.1 Å². The summed E-state index contributed by atoms with van der Waals surface area (Å²) in [5.41, 5.74) is 7.63. The maximum absolute atomic E-state index is 13.0. The van der Waals surface area contributed by atoms with Crippen molar-refractivity contribution in [3.63, 3.8) is 0 Å². The molecule has 0 spiro atoms. The third-order valence-electron chi connectivity index (χ3n) is 5.04. The molecule has 10 heteroatoms. The third-order valence-corrected chi connectivity index (χ3v) is 5.85. The Morgan fingerprint density at radius 2 is 2.14 bits per heavy atom. The van der Waals surface area contributed by atoms with E-state index in [-0.39, 0.29) is 24.5 Å². The molecule has 2 fully saturated rings. The Balaban J connectivity index is 1.58. The van der Waals surface area contributed by atoms with E-state index in [0.29, 0.717) is 36.4 Å². The molecular formula is C18H27N5O4S. The predicted molar refractivity (Wildman–Crippen MR) is 107 cm³/mol. The molecule has 3 rings (SSSR count). The van der Waals surface area contributed by atoms with Crippen LogP contribution in [-0.4, -0.2) is 65.2 Å². The van der Waals surface area contributed by atoms with E-state index < -0.39 is 5.97 Å². The van der Waals surface area contributed by atoms with Crippen LogP contribution in [0.25, 0.3) is 0 Å². The molecule has 154 valence electrons. The lowest BCUT2D eigenvalue weighted by atomic mass is 9.99. The number of nitrogens with one attached hydrogen (secondary N) is 1. The molecule has 1 amide bonds. The van der Waals surface area contributed by atoms with Crippen molar-refractivity contribution in [3.05, 3.63) is 10.4 Å². The second-order valence-corrected chi connectivity index (χ2v) is 8.13. The summed E-state index contributed by atoms with van der Waals surface area (Å²) in [5.74, 6) is -0.207. The quantitative estimate of drug-likeness (QED) is 0.462. The summed E-state index contributed by atoms with van der Waals surface area (Å²) >= 11 is 1.27. The highest BCUT2D eigenvalue weighted by Crippen LogP contribution is 2.25. The normalized spacial score (nSPS) is 21.1. The Morgan fingerprint density at radius 3 is 2.89 bits per heavy atom. The highest BCUT2D eigenvalue weighted by molar-refractivity contribution is 7.12. The molecule has 1 saturated heterocycles. The smallest absolute Gasteiger partial charge is 0.329 e. The van der Waals surface area contributed by atoms with Crippen LogP contribution in [0.2, 0.25) is 0 Å². The van der Waals surface area contributed by atoms with Gasteiger partial charge in [-0.1, -0.05) is 12.8 Å². The number of nitrogens with two attached hydrogens (primary N) is 1. The van der Waals surface area contributed by atoms with Crippen molar-refractivity contribution in [2.24, 2.45) is 16.6 Å². The van der Waals surface area contributed by atoms with Gasteiger partial charge in [0.25, 0.3) is 5.91 Å². The number of ether oxygens (including phenoxy) is 1. The number of likely N-dealkylation sites (tertiary alicyclic amines) is 1. The lowest BCUT2D eigenvalue weighted by Gasteiger charge is -2.32. The third kappa shape index (κ3) is 5.65. The number of guanidine groups is 1. The zero-order valence-electron chi connectivity index (χ0n) is 15.8. The number of thiazole rings is 1. The number of hydrogen-bond donors (Lipinski definition) is 3. The van der Waals surface area contributed by atoms with Crippen molar-refractivity contribution in [1.29, 1.82) is 0 Å². The van der Waals surface area contributed by atoms with E-state index in [4.69, 9.17) is 15.6 Å². The fourth-order valence-electron chi connectivity index (χ4n) is 3.71. The molecule has 1 atom stereocenters. The number of carbonyl (C=O) groups excluding carboxylic acids is 1. The standard InChI is InChI=1S/C18H27N5O4S/c19-18(21-13-5-1-2-6-13)22-16-15(28-11-20-16)17(26)23-7-3-4-12(8-23)9-27-10-14(24)25/h11-13H,1-10H2,(H,24,25)(H3,19,21,22). The van der Waals surface area contributed by atoms with E-state index >= 15 is 0 Å². The van der Waals surface area contributed by atoms with E-state index in [1.54, 1.807) is 10.4 Å². The van der Waals surface area contributed by atoms with Gasteiger partial charge >= 0.3 is 5.97 Å². The SMILES string of the molecule is NC(=NC1CCCC1)Nc1ncsc1C(=O)N1CCCC(COCC(=O)O)C1. The van der Waals surface area contributed by atoms with Gasteiger partial charge in [-0.15, -0.1) is 11.3 Å². The topological polar surface area (TPSA) is 130 Å². The Labute approximate surface area is 168 Å². The van der Waals surface area contributed by atoms with Crippen LogP contribution in [0, 0.1) is 5.92 Å². The molecule has 1 saturated carbocycles. The Hall–Kier alpha value is -2.20. The number of nitrogens with zero attached hydrogens (tertiary/aromatic N) is 3. The Bertz CT molecular complexity index is 717. The van der Waals surface area contributed by atoms with Gasteiger partial charge < -0.3 is 25.8 Å². The Morgan fingerprint density at radius 1 is 1.36 bits per heavy atom. The second kappa shape index (κ2) is 9.83. The summed E-state index contributed by atoms with van der Waals surface area (Å²) < 4.78 is 5.20. The number of aliphatic imine (C=N–C) groups is 1. The van der Waals surface area contributed by atoms with Gasteiger partial charge in [0.05, 0.1) is 18.2 Å². The average molecular weight is 410 g/mol. The second-order valence-electron chi connectivity index (χ2n) is 7.28. The van der Waals surface area contributed by atoms with Crippen molar-refractivity contribution < 1.29 is 19.4 Å². The summed E-state index contributed by atoms with van der Waals surface area (Å²) in [6.45, 7) is 1.23. The lowest BCUT2D eigenvalue weighted by Crippen LogP contribution is -2.41. The fraction of sp³-hybridized carbons (Fsp3) is 0.667. The van der Waals surface area contributed by atoms with E-state index in [1.807, 2.05) is 0 Å². The molecule has 2 aliphatic rings. The van der Waals surface area contributed by atoms with Gasteiger partial charge in [0.15, 0.2) is 11.8 Å².